The zero-order chi connectivity index (χ0) is 24.8. The fourth-order valence-electron chi connectivity index (χ4n) is 3.78. The molecule has 0 aliphatic heterocycles. The summed E-state index contributed by atoms with van der Waals surface area (Å²) in [7, 11) is -7.91. The zero-order valence-corrected chi connectivity index (χ0v) is 21.1. The van der Waals surface area contributed by atoms with Crippen LogP contribution in [0.4, 0.5) is 5.69 Å². The van der Waals surface area contributed by atoms with Gasteiger partial charge in [-0.1, -0.05) is 54.6 Å². The second-order valence-corrected chi connectivity index (χ2v) is 11.9. The van der Waals surface area contributed by atoms with E-state index in [-0.39, 0.29) is 5.69 Å². The van der Waals surface area contributed by atoms with Crippen LogP contribution in [-0.4, -0.2) is 60.5 Å². The molecule has 3 aromatic rings. The van der Waals surface area contributed by atoms with Crippen molar-refractivity contribution < 1.29 is 21.6 Å². The molecule has 7 nitrogen and oxygen atoms in total. The summed E-state index contributed by atoms with van der Waals surface area (Å²) in [4.78, 5) is 2.21. The van der Waals surface area contributed by atoms with E-state index in [0.29, 0.717) is 29.8 Å². The predicted octanol–water partition coefficient (Wildman–Crippen LogP) is 3.67. The molecule has 182 valence electrons. The van der Waals surface area contributed by atoms with Crippen molar-refractivity contribution in [3.05, 3.63) is 84.9 Å². The molecule has 3 aromatic carbocycles. The average molecular weight is 503 g/mol. The van der Waals surface area contributed by atoms with Gasteiger partial charge in [-0.05, 0) is 35.6 Å². The van der Waals surface area contributed by atoms with Crippen molar-refractivity contribution in [2.45, 2.75) is 6.42 Å². The Morgan fingerprint density at radius 1 is 0.853 bits per heavy atom. The molecule has 0 spiro atoms. The molecule has 0 bridgehead atoms. The van der Waals surface area contributed by atoms with E-state index in [1.165, 1.54) is 12.1 Å². The second kappa shape index (κ2) is 11.0. The van der Waals surface area contributed by atoms with Crippen molar-refractivity contribution in [1.82, 2.24) is 4.90 Å². The lowest BCUT2D eigenvalue weighted by molar-refractivity contribution is 0.226. The number of hydrogen-bond acceptors (Lipinski definition) is 6. The first-order valence-electron chi connectivity index (χ1n) is 10.8. The molecule has 0 aliphatic carbocycles. The minimum absolute atomic E-state index is 0.0974. The van der Waals surface area contributed by atoms with Gasteiger partial charge in [-0.3, -0.25) is 4.90 Å². The minimum Gasteiger partial charge on any atom is -0.492 e. The van der Waals surface area contributed by atoms with Crippen LogP contribution in [0.25, 0.3) is 10.8 Å². The van der Waals surface area contributed by atoms with E-state index in [1.807, 2.05) is 36.4 Å². The van der Waals surface area contributed by atoms with Gasteiger partial charge in [0.2, 0.25) is 20.0 Å². The molecule has 9 heteroatoms. The molecule has 0 aromatic heterocycles. The Labute approximate surface area is 202 Å². The Morgan fingerprint density at radius 2 is 1.50 bits per heavy atom. The fourth-order valence-corrected chi connectivity index (χ4v) is 6.76. The van der Waals surface area contributed by atoms with E-state index < -0.39 is 20.0 Å². The molecule has 0 saturated heterocycles. The first-order valence-corrected chi connectivity index (χ1v) is 14.5. The molecule has 0 N–H and O–H groups in total. The lowest BCUT2D eigenvalue weighted by Crippen LogP contribution is -2.35. The number of rotatable bonds is 12. The zero-order valence-electron chi connectivity index (χ0n) is 19.4. The smallest absolute Gasteiger partial charge is 0.245 e. The minimum atomic E-state index is -3.96. The van der Waals surface area contributed by atoms with Crippen molar-refractivity contribution in [2.24, 2.45) is 0 Å². The van der Waals surface area contributed by atoms with Gasteiger partial charge >= 0.3 is 0 Å². The Hall–Kier alpha value is -2.88. The molecule has 0 radical (unpaired) electrons. The normalized spacial score (nSPS) is 12.1. The van der Waals surface area contributed by atoms with Crippen LogP contribution in [0, 0.1) is 0 Å². The number of nitrogens with zero attached hydrogens (tertiary/aromatic N) is 2. The molecule has 0 amide bonds. The highest BCUT2D eigenvalue weighted by Crippen LogP contribution is 2.25. The van der Waals surface area contributed by atoms with Crippen LogP contribution in [-0.2, 0) is 26.5 Å². The summed E-state index contributed by atoms with van der Waals surface area (Å²) in [5.74, 6) is 0.855. The van der Waals surface area contributed by atoms with E-state index in [2.05, 4.69) is 23.6 Å². The van der Waals surface area contributed by atoms with E-state index >= 15 is 0 Å². The van der Waals surface area contributed by atoms with E-state index in [0.717, 1.165) is 41.1 Å². The summed E-state index contributed by atoms with van der Waals surface area (Å²) in [5, 5.41) is 2.22. The molecular formula is C25H30N2O5S2. The summed E-state index contributed by atoms with van der Waals surface area (Å²) in [5.41, 5.74) is 1.06. The predicted molar refractivity (Wildman–Crippen MR) is 138 cm³/mol. The van der Waals surface area contributed by atoms with Crippen molar-refractivity contribution >= 4 is 36.5 Å². The molecule has 34 heavy (non-hydrogen) atoms. The Bertz CT molecular complexity index is 1300. The first-order chi connectivity index (χ1) is 16.1. The number of benzene rings is 3. The van der Waals surface area contributed by atoms with Crippen molar-refractivity contribution in [3.8, 4) is 5.75 Å². The number of anilines is 1. The van der Waals surface area contributed by atoms with Gasteiger partial charge in [0, 0.05) is 25.0 Å². The molecule has 0 heterocycles. The lowest BCUT2D eigenvalue weighted by Gasteiger charge is -2.22. The van der Waals surface area contributed by atoms with Crippen LogP contribution in [0.1, 0.15) is 5.56 Å². The SMILES string of the molecule is C=CCN(CCOc1cccc2ccccc12)CCc1ccc(N(S(C)(=O)=O)S(C)(=O)=O)cc1. The van der Waals surface area contributed by atoms with Crippen LogP contribution in [0.3, 0.4) is 0 Å². The molecule has 3 rings (SSSR count). The third kappa shape index (κ3) is 6.82. The van der Waals surface area contributed by atoms with Crippen LogP contribution >= 0.6 is 0 Å². The number of hydrogen-bond donors (Lipinski definition) is 0. The maximum absolute atomic E-state index is 11.9. The van der Waals surface area contributed by atoms with E-state index in [9.17, 15) is 16.8 Å². The summed E-state index contributed by atoms with van der Waals surface area (Å²) >= 11 is 0. The third-order valence-corrected chi connectivity index (χ3v) is 8.52. The third-order valence-electron chi connectivity index (χ3n) is 5.27. The van der Waals surface area contributed by atoms with Gasteiger partial charge in [-0.2, -0.15) is 3.71 Å². The van der Waals surface area contributed by atoms with Gasteiger partial charge < -0.3 is 4.74 Å². The Morgan fingerprint density at radius 3 is 2.15 bits per heavy atom. The van der Waals surface area contributed by atoms with Crippen LogP contribution in [0.2, 0.25) is 0 Å². The average Bonchev–Trinajstić information content (AvgIpc) is 2.76. The van der Waals surface area contributed by atoms with Crippen LogP contribution < -0.4 is 8.45 Å². The molecule has 0 saturated carbocycles. The monoisotopic (exact) mass is 502 g/mol. The summed E-state index contributed by atoms with van der Waals surface area (Å²) in [6.45, 7) is 6.52. The number of sulfonamides is 2. The van der Waals surface area contributed by atoms with Gasteiger partial charge in [0.15, 0.2) is 0 Å². The highest BCUT2D eigenvalue weighted by atomic mass is 32.3. The molecule has 0 unspecified atom stereocenters. The standard InChI is InChI=1S/C25H30N2O5S2/c1-4-17-26(19-20-32-25-11-7-9-22-8-5-6-10-24(22)25)18-16-21-12-14-23(15-13-21)27(33(2,28)29)34(3,30)31/h4-15H,1,16-20H2,2-3H3. The maximum Gasteiger partial charge on any atom is 0.245 e. The second-order valence-electron chi connectivity index (χ2n) is 8.05. The number of fused-ring (bicyclic) bond motifs is 1. The lowest BCUT2D eigenvalue weighted by atomic mass is 10.1. The van der Waals surface area contributed by atoms with Gasteiger partial charge in [0.05, 0.1) is 18.2 Å². The highest BCUT2D eigenvalue weighted by Gasteiger charge is 2.27. The number of ether oxygens (including phenoxy) is 1. The Kier molecular flexibility index (Phi) is 8.35. The quantitative estimate of drug-likeness (QED) is 0.352. The molecule has 0 fully saturated rings. The van der Waals surface area contributed by atoms with Crippen molar-refractivity contribution in [3.63, 3.8) is 0 Å². The van der Waals surface area contributed by atoms with Crippen molar-refractivity contribution in [2.75, 3.05) is 42.5 Å². The summed E-state index contributed by atoms with van der Waals surface area (Å²) < 4.78 is 54.3. The van der Waals surface area contributed by atoms with Gasteiger partial charge in [0.1, 0.15) is 12.4 Å². The van der Waals surface area contributed by atoms with Gasteiger partial charge in [-0.15, -0.1) is 6.58 Å². The fraction of sp³-hybridized carbons (Fsp3) is 0.280. The topological polar surface area (TPSA) is 84.0 Å². The Balaban J connectivity index is 1.60. The molecule has 0 aliphatic rings. The molecular weight excluding hydrogens is 472 g/mol. The molecule has 0 atom stereocenters. The summed E-state index contributed by atoms with van der Waals surface area (Å²) in [6, 6.07) is 20.6. The van der Waals surface area contributed by atoms with Gasteiger partial charge in [-0.25, -0.2) is 16.8 Å². The van der Waals surface area contributed by atoms with Gasteiger partial charge in [0.25, 0.3) is 0 Å². The van der Waals surface area contributed by atoms with E-state index in [4.69, 9.17) is 4.74 Å². The first kappa shape index (κ1) is 25.7. The maximum atomic E-state index is 11.9. The highest BCUT2D eigenvalue weighted by molar-refractivity contribution is 8.09. The van der Waals surface area contributed by atoms with Crippen molar-refractivity contribution in [1.29, 1.82) is 0 Å². The van der Waals surface area contributed by atoms with E-state index in [1.54, 1.807) is 12.1 Å². The summed E-state index contributed by atoms with van der Waals surface area (Å²) in [6.07, 6.45) is 4.29. The largest absolute Gasteiger partial charge is 0.492 e. The van der Waals surface area contributed by atoms with Crippen LogP contribution in [0.15, 0.2) is 79.4 Å². The van der Waals surface area contributed by atoms with Crippen LogP contribution in [0.5, 0.6) is 5.75 Å².